The van der Waals surface area contributed by atoms with Crippen LogP contribution in [0.3, 0.4) is 0 Å². The second kappa shape index (κ2) is 5.81. The Bertz CT molecular complexity index is 499. The highest BCUT2D eigenvalue weighted by atomic mass is 32.2. The third-order valence-corrected chi connectivity index (χ3v) is 5.26. The zero-order valence-corrected chi connectivity index (χ0v) is 14.0. The van der Waals surface area contributed by atoms with Gasteiger partial charge in [0.15, 0.2) is 5.13 Å². The number of anilines is 2. The highest BCUT2D eigenvalue weighted by molar-refractivity contribution is 8.00. The van der Waals surface area contributed by atoms with E-state index >= 15 is 0 Å². The lowest BCUT2D eigenvalue weighted by Crippen LogP contribution is -2.46. The van der Waals surface area contributed by atoms with Crippen LogP contribution in [-0.4, -0.2) is 45.4 Å². The van der Waals surface area contributed by atoms with Crippen molar-refractivity contribution in [1.82, 2.24) is 9.88 Å². The van der Waals surface area contributed by atoms with Gasteiger partial charge in [0.05, 0.1) is 0 Å². The molecule has 3 N–H and O–H groups in total. The molecule has 0 bridgehead atoms. The van der Waals surface area contributed by atoms with Crippen molar-refractivity contribution in [1.29, 1.82) is 0 Å². The first kappa shape index (κ1) is 15.4. The first-order valence-corrected chi connectivity index (χ1v) is 8.55. The number of hydrogen-bond acceptors (Lipinski definition) is 6. The third-order valence-electron chi connectivity index (χ3n) is 2.97. The third kappa shape index (κ3) is 3.58. The number of rotatable bonds is 3. The summed E-state index contributed by atoms with van der Waals surface area (Å²) >= 11 is 3.25. The van der Waals surface area contributed by atoms with E-state index in [0.29, 0.717) is 15.8 Å². The molecule has 1 aliphatic rings. The molecule has 0 spiro atoms. The number of nitrogen functional groups attached to an aromatic ring is 1. The highest BCUT2D eigenvalue weighted by Crippen LogP contribution is 2.32. The zero-order valence-electron chi connectivity index (χ0n) is 12.4. The largest absolute Gasteiger partial charge is 0.382 e. The Kier molecular flexibility index (Phi) is 4.49. The molecule has 5 nitrogen and oxygen atoms in total. The lowest BCUT2D eigenvalue weighted by molar-refractivity contribution is 0.0753. The minimum atomic E-state index is 0.00480. The van der Waals surface area contributed by atoms with E-state index in [1.165, 1.54) is 11.3 Å². The summed E-state index contributed by atoms with van der Waals surface area (Å²) in [6.07, 6.45) is 0. The van der Waals surface area contributed by atoms with Crippen molar-refractivity contribution in [3.63, 3.8) is 0 Å². The Hall–Kier alpha value is -0.950. The Labute approximate surface area is 128 Å². The van der Waals surface area contributed by atoms with Crippen molar-refractivity contribution in [3.05, 3.63) is 4.88 Å². The molecule has 1 saturated heterocycles. The summed E-state index contributed by atoms with van der Waals surface area (Å²) in [4.78, 5) is 19.3. The van der Waals surface area contributed by atoms with Gasteiger partial charge in [-0.3, -0.25) is 4.79 Å². The molecule has 1 aliphatic heterocycles. The van der Waals surface area contributed by atoms with E-state index in [1.54, 1.807) is 0 Å². The van der Waals surface area contributed by atoms with Crippen LogP contribution >= 0.6 is 23.1 Å². The molecule has 1 aromatic rings. The number of hydrogen-bond donors (Lipinski definition) is 2. The summed E-state index contributed by atoms with van der Waals surface area (Å²) in [7, 11) is 0. The Balaban J connectivity index is 2.14. The summed E-state index contributed by atoms with van der Waals surface area (Å²) in [5.74, 6) is 1.30. The maximum Gasteiger partial charge on any atom is 0.267 e. The summed E-state index contributed by atoms with van der Waals surface area (Å²) < 4.78 is 0.104. The van der Waals surface area contributed by atoms with Gasteiger partial charge in [0, 0.05) is 29.6 Å². The maximum atomic E-state index is 12.6. The number of nitrogens with two attached hydrogens (primary N) is 1. The molecule has 20 heavy (non-hydrogen) atoms. The molecule has 2 rings (SSSR count). The molecule has 0 unspecified atom stereocenters. The first-order chi connectivity index (χ1) is 9.28. The highest BCUT2D eigenvalue weighted by Gasteiger charge is 2.32. The molecule has 0 saturated carbocycles. The number of nitrogens with zero attached hydrogens (tertiary/aromatic N) is 2. The fourth-order valence-corrected chi connectivity index (χ4v) is 4.24. The van der Waals surface area contributed by atoms with Gasteiger partial charge >= 0.3 is 0 Å². The van der Waals surface area contributed by atoms with Gasteiger partial charge in [-0.2, -0.15) is 11.8 Å². The zero-order chi connectivity index (χ0) is 14.9. The minimum Gasteiger partial charge on any atom is -0.382 e. The summed E-state index contributed by atoms with van der Waals surface area (Å²) in [6.45, 7) is 9.92. The number of carbonyl (C=O) groups excluding carboxylic acids is 1. The summed E-state index contributed by atoms with van der Waals surface area (Å²) in [5, 5.41) is 3.91. The Morgan fingerprint density at radius 1 is 1.50 bits per heavy atom. The van der Waals surface area contributed by atoms with Gasteiger partial charge in [0.2, 0.25) is 0 Å². The second-order valence-electron chi connectivity index (χ2n) is 5.87. The molecule has 1 fully saturated rings. The van der Waals surface area contributed by atoms with Crippen molar-refractivity contribution in [2.75, 3.05) is 29.9 Å². The van der Waals surface area contributed by atoms with Crippen LogP contribution in [0.5, 0.6) is 0 Å². The van der Waals surface area contributed by atoms with Crippen molar-refractivity contribution in [2.24, 2.45) is 0 Å². The van der Waals surface area contributed by atoms with Gasteiger partial charge in [-0.15, -0.1) is 0 Å². The quantitative estimate of drug-likeness (QED) is 0.897. The number of nitrogens with one attached hydrogen (secondary N) is 1. The lowest BCUT2D eigenvalue weighted by Gasteiger charge is -2.37. The number of thiazole rings is 1. The van der Waals surface area contributed by atoms with Crippen molar-refractivity contribution < 1.29 is 4.79 Å². The van der Waals surface area contributed by atoms with Crippen molar-refractivity contribution >= 4 is 40.0 Å². The predicted octanol–water partition coefficient (Wildman–Crippen LogP) is 2.51. The average molecular weight is 314 g/mol. The minimum absolute atomic E-state index is 0.00480. The van der Waals surface area contributed by atoms with E-state index in [9.17, 15) is 4.79 Å². The van der Waals surface area contributed by atoms with Crippen molar-refractivity contribution in [2.45, 2.75) is 38.5 Å². The van der Waals surface area contributed by atoms with E-state index in [0.717, 1.165) is 18.8 Å². The molecule has 7 heteroatoms. The van der Waals surface area contributed by atoms with Crippen LogP contribution in [0.1, 0.15) is 37.4 Å². The molecule has 0 aromatic carbocycles. The van der Waals surface area contributed by atoms with Crippen LogP contribution in [0.2, 0.25) is 0 Å². The predicted molar refractivity (Wildman–Crippen MR) is 87.7 cm³/mol. The molecule has 112 valence electrons. The summed E-state index contributed by atoms with van der Waals surface area (Å²) in [5.41, 5.74) is 5.90. The standard InChI is InChI=1S/C13H22N4OS2/c1-8(2)15-12-16-10(14)9(20-12)11(18)17-5-6-19-13(3,4)7-17/h8H,5-7,14H2,1-4H3,(H,15,16). The number of amides is 1. The van der Waals surface area contributed by atoms with Crippen molar-refractivity contribution in [3.8, 4) is 0 Å². The van der Waals surface area contributed by atoms with Gasteiger partial charge in [0.25, 0.3) is 5.91 Å². The lowest BCUT2D eigenvalue weighted by atomic mass is 10.2. The number of aromatic nitrogens is 1. The first-order valence-electron chi connectivity index (χ1n) is 6.74. The monoisotopic (exact) mass is 314 g/mol. The van der Waals surface area contributed by atoms with Gasteiger partial charge < -0.3 is 16.0 Å². The van der Waals surface area contributed by atoms with Crippen LogP contribution in [0.15, 0.2) is 0 Å². The van der Waals surface area contributed by atoms with Crippen LogP contribution < -0.4 is 11.1 Å². The van der Waals surface area contributed by atoms with Crippen LogP contribution in [0.25, 0.3) is 0 Å². The van der Waals surface area contributed by atoms with Gasteiger partial charge in [-0.25, -0.2) is 4.98 Å². The molecule has 2 heterocycles. The van der Waals surface area contributed by atoms with Crippen LogP contribution in [0.4, 0.5) is 10.9 Å². The van der Waals surface area contributed by atoms with Crippen LogP contribution in [-0.2, 0) is 0 Å². The fourth-order valence-electron chi connectivity index (χ4n) is 2.13. The van der Waals surface area contributed by atoms with Gasteiger partial charge in [-0.05, 0) is 27.7 Å². The number of thioether (sulfide) groups is 1. The molecule has 1 amide bonds. The molecular formula is C13H22N4OS2. The SMILES string of the molecule is CC(C)Nc1nc(N)c(C(=O)N2CCSC(C)(C)C2)s1. The Morgan fingerprint density at radius 3 is 2.80 bits per heavy atom. The van der Waals surface area contributed by atoms with E-state index in [2.05, 4.69) is 24.1 Å². The van der Waals surface area contributed by atoms with E-state index < -0.39 is 0 Å². The van der Waals surface area contributed by atoms with E-state index in [4.69, 9.17) is 5.73 Å². The van der Waals surface area contributed by atoms with Gasteiger partial charge in [0.1, 0.15) is 10.7 Å². The van der Waals surface area contributed by atoms with E-state index in [1.807, 2.05) is 30.5 Å². The van der Waals surface area contributed by atoms with Crippen LogP contribution in [0, 0.1) is 0 Å². The second-order valence-corrected chi connectivity index (χ2v) is 8.67. The molecular weight excluding hydrogens is 292 g/mol. The molecule has 0 radical (unpaired) electrons. The van der Waals surface area contributed by atoms with E-state index in [-0.39, 0.29) is 16.7 Å². The summed E-state index contributed by atoms with van der Waals surface area (Å²) in [6, 6.07) is 0.272. The smallest absolute Gasteiger partial charge is 0.267 e. The normalized spacial score (nSPS) is 18.4. The topological polar surface area (TPSA) is 71.2 Å². The van der Waals surface area contributed by atoms with Gasteiger partial charge in [-0.1, -0.05) is 11.3 Å². The fraction of sp³-hybridized carbons (Fsp3) is 0.692. The number of carbonyl (C=O) groups is 1. The Morgan fingerprint density at radius 2 is 2.20 bits per heavy atom. The molecule has 1 aromatic heterocycles. The average Bonchev–Trinajstić information content (AvgIpc) is 2.67. The maximum absolute atomic E-state index is 12.6. The molecule has 0 aliphatic carbocycles. The molecule has 0 atom stereocenters.